The molecule has 2 N–H and O–H groups in total. The Labute approximate surface area is 116 Å². The molecule has 1 heterocycles. The SMILES string of the molecule is CC1OC(COS(N)(=O)=O)C(c2ccccc2Cl)O1. The summed E-state index contributed by atoms with van der Waals surface area (Å²) in [5.41, 5.74) is 0.719. The largest absolute Gasteiger partial charge is 0.344 e. The molecule has 1 aromatic rings. The first-order chi connectivity index (χ1) is 8.87. The zero-order chi connectivity index (χ0) is 14.0. The van der Waals surface area contributed by atoms with Crippen molar-refractivity contribution in [2.24, 2.45) is 5.14 Å². The van der Waals surface area contributed by atoms with Crippen LogP contribution in [-0.2, 0) is 24.0 Å². The predicted molar refractivity (Wildman–Crippen MR) is 68.7 cm³/mol. The Morgan fingerprint density at radius 1 is 1.37 bits per heavy atom. The molecule has 2 rings (SSSR count). The van der Waals surface area contributed by atoms with Crippen molar-refractivity contribution in [3.8, 4) is 0 Å². The van der Waals surface area contributed by atoms with E-state index in [1.165, 1.54) is 0 Å². The van der Waals surface area contributed by atoms with Gasteiger partial charge in [0.1, 0.15) is 12.2 Å². The molecule has 1 aliphatic heterocycles. The average molecular weight is 308 g/mol. The van der Waals surface area contributed by atoms with Gasteiger partial charge in [0.25, 0.3) is 0 Å². The second-order valence-electron chi connectivity index (χ2n) is 4.10. The van der Waals surface area contributed by atoms with Crippen molar-refractivity contribution in [3.63, 3.8) is 0 Å². The lowest BCUT2D eigenvalue weighted by Crippen LogP contribution is -2.27. The summed E-state index contributed by atoms with van der Waals surface area (Å²) < 4.78 is 37.2. The third-order valence-corrected chi connectivity index (χ3v) is 3.46. The quantitative estimate of drug-likeness (QED) is 0.907. The molecule has 8 heteroatoms. The molecular weight excluding hydrogens is 294 g/mol. The van der Waals surface area contributed by atoms with E-state index in [9.17, 15) is 8.42 Å². The molecular formula is C11H14ClNO5S. The first-order valence-electron chi connectivity index (χ1n) is 5.59. The molecule has 0 saturated carbocycles. The summed E-state index contributed by atoms with van der Waals surface area (Å²) in [6.45, 7) is 1.49. The van der Waals surface area contributed by atoms with Gasteiger partial charge in [-0.15, -0.1) is 0 Å². The molecule has 106 valence electrons. The fourth-order valence-corrected chi connectivity index (χ4v) is 2.48. The number of benzene rings is 1. The Kier molecular flexibility index (Phi) is 4.44. The molecule has 1 fully saturated rings. The van der Waals surface area contributed by atoms with E-state index in [4.69, 9.17) is 26.2 Å². The average Bonchev–Trinajstić information content (AvgIpc) is 2.67. The van der Waals surface area contributed by atoms with E-state index in [0.29, 0.717) is 5.02 Å². The van der Waals surface area contributed by atoms with Crippen LogP contribution in [0.15, 0.2) is 24.3 Å². The lowest BCUT2D eigenvalue weighted by atomic mass is 10.1. The summed E-state index contributed by atoms with van der Waals surface area (Å²) in [5.74, 6) is 0. The van der Waals surface area contributed by atoms with Gasteiger partial charge >= 0.3 is 10.3 Å². The molecule has 0 amide bonds. The summed E-state index contributed by atoms with van der Waals surface area (Å²) >= 11 is 6.09. The molecule has 6 nitrogen and oxygen atoms in total. The van der Waals surface area contributed by atoms with E-state index >= 15 is 0 Å². The number of nitrogens with two attached hydrogens (primary N) is 1. The van der Waals surface area contributed by atoms with Crippen LogP contribution >= 0.6 is 11.6 Å². The minimum Gasteiger partial charge on any atom is -0.344 e. The first kappa shape index (κ1) is 14.7. The van der Waals surface area contributed by atoms with Gasteiger partial charge in [0, 0.05) is 10.6 Å². The second-order valence-corrected chi connectivity index (χ2v) is 5.73. The van der Waals surface area contributed by atoms with Gasteiger partial charge in [-0.05, 0) is 13.0 Å². The van der Waals surface area contributed by atoms with E-state index in [2.05, 4.69) is 4.18 Å². The molecule has 19 heavy (non-hydrogen) atoms. The van der Waals surface area contributed by atoms with E-state index < -0.39 is 28.8 Å². The van der Waals surface area contributed by atoms with Gasteiger partial charge in [-0.2, -0.15) is 8.42 Å². The minimum atomic E-state index is -4.01. The summed E-state index contributed by atoms with van der Waals surface area (Å²) in [7, 11) is -4.01. The van der Waals surface area contributed by atoms with Crippen molar-refractivity contribution >= 4 is 21.9 Å². The van der Waals surface area contributed by atoms with E-state index in [1.54, 1.807) is 25.1 Å². The van der Waals surface area contributed by atoms with Crippen LogP contribution < -0.4 is 5.14 Å². The Morgan fingerprint density at radius 2 is 2.05 bits per heavy atom. The molecule has 0 spiro atoms. The predicted octanol–water partition coefficient (Wildman–Crippen LogP) is 1.36. The van der Waals surface area contributed by atoms with Gasteiger partial charge in [-0.1, -0.05) is 29.8 Å². The lowest BCUT2D eigenvalue weighted by molar-refractivity contribution is -0.0549. The Morgan fingerprint density at radius 3 is 2.68 bits per heavy atom. The molecule has 0 bridgehead atoms. The number of halogens is 1. The van der Waals surface area contributed by atoms with Gasteiger partial charge in [0.05, 0.1) is 6.61 Å². The molecule has 0 aliphatic carbocycles. The fraction of sp³-hybridized carbons (Fsp3) is 0.455. The van der Waals surface area contributed by atoms with Crippen LogP contribution in [0.4, 0.5) is 0 Å². The van der Waals surface area contributed by atoms with Crippen LogP contribution in [0.5, 0.6) is 0 Å². The van der Waals surface area contributed by atoms with E-state index in [-0.39, 0.29) is 6.61 Å². The second kappa shape index (κ2) is 5.74. The highest BCUT2D eigenvalue weighted by Crippen LogP contribution is 2.36. The van der Waals surface area contributed by atoms with E-state index in [0.717, 1.165) is 5.56 Å². The van der Waals surface area contributed by atoms with Gasteiger partial charge < -0.3 is 9.47 Å². The molecule has 1 saturated heterocycles. The van der Waals surface area contributed by atoms with Crippen molar-refractivity contribution in [2.45, 2.75) is 25.4 Å². The molecule has 0 radical (unpaired) electrons. The Hall–Kier alpha value is -0.700. The van der Waals surface area contributed by atoms with Crippen molar-refractivity contribution in [1.82, 2.24) is 0 Å². The topological polar surface area (TPSA) is 87.9 Å². The molecule has 3 atom stereocenters. The fourth-order valence-electron chi connectivity index (χ4n) is 1.91. The smallest absolute Gasteiger partial charge is 0.333 e. The highest BCUT2D eigenvalue weighted by molar-refractivity contribution is 7.84. The van der Waals surface area contributed by atoms with Crippen LogP contribution in [-0.4, -0.2) is 27.4 Å². The van der Waals surface area contributed by atoms with E-state index in [1.807, 2.05) is 6.07 Å². The monoisotopic (exact) mass is 307 g/mol. The van der Waals surface area contributed by atoms with Crippen LogP contribution in [0.3, 0.4) is 0 Å². The van der Waals surface area contributed by atoms with Crippen LogP contribution in [0.25, 0.3) is 0 Å². The third-order valence-electron chi connectivity index (χ3n) is 2.65. The van der Waals surface area contributed by atoms with Crippen molar-refractivity contribution in [1.29, 1.82) is 0 Å². The summed E-state index contributed by atoms with van der Waals surface area (Å²) in [6.07, 6.45) is -1.56. The highest BCUT2D eigenvalue weighted by atomic mass is 35.5. The summed E-state index contributed by atoms with van der Waals surface area (Å²) in [4.78, 5) is 0. The van der Waals surface area contributed by atoms with Crippen LogP contribution in [0, 0.1) is 0 Å². The number of rotatable bonds is 4. The molecule has 1 aromatic carbocycles. The van der Waals surface area contributed by atoms with Crippen molar-refractivity contribution in [2.75, 3.05) is 6.61 Å². The number of hydrogen-bond donors (Lipinski definition) is 1. The maximum Gasteiger partial charge on any atom is 0.333 e. The number of hydrogen-bond acceptors (Lipinski definition) is 5. The zero-order valence-corrected chi connectivity index (χ0v) is 11.7. The maximum absolute atomic E-state index is 10.8. The van der Waals surface area contributed by atoms with Crippen molar-refractivity contribution < 1.29 is 22.1 Å². The first-order valence-corrected chi connectivity index (χ1v) is 7.44. The van der Waals surface area contributed by atoms with Gasteiger partial charge in [-0.25, -0.2) is 5.14 Å². The maximum atomic E-state index is 10.8. The van der Waals surface area contributed by atoms with Gasteiger partial charge in [0.2, 0.25) is 0 Å². The summed E-state index contributed by atoms with van der Waals surface area (Å²) in [6, 6.07) is 7.12. The Bertz CT molecular complexity index is 550. The third kappa shape index (κ3) is 3.88. The lowest BCUT2D eigenvalue weighted by Gasteiger charge is -2.17. The molecule has 0 aromatic heterocycles. The van der Waals surface area contributed by atoms with Gasteiger partial charge in [-0.3, -0.25) is 4.18 Å². The molecule has 1 aliphatic rings. The zero-order valence-electron chi connectivity index (χ0n) is 10.2. The Balaban J connectivity index is 2.16. The highest BCUT2D eigenvalue weighted by Gasteiger charge is 2.37. The van der Waals surface area contributed by atoms with Crippen LogP contribution in [0.1, 0.15) is 18.6 Å². The number of ether oxygens (including phenoxy) is 2. The van der Waals surface area contributed by atoms with Crippen molar-refractivity contribution in [3.05, 3.63) is 34.9 Å². The minimum absolute atomic E-state index is 0.223. The standard InChI is InChI=1S/C11H14ClNO5S/c1-7-17-10(6-16-19(13,14)15)11(18-7)8-4-2-3-5-9(8)12/h2-5,7,10-11H,6H2,1H3,(H2,13,14,15). The van der Waals surface area contributed by atoms with Crippen LogP contribution in [0.2, 0.25) is 5.02 Å². The summed E-state index contributed by atoms with van der Waals surface area (Å²) in [5, 5.41) is 5.31. The normalized spacial score (nSPS) is 27.6. The van der Waals surface area contributed by atoms with Gasteiger partial charge in [0.15, 0.2) is 6.29 Å². The molecule has 3 unspecified atom stereocenters.